The molecule has 146 valence electrons. The summed E-state index contributed by atoms with van der Waals surface area (Å²) in [5.74, 6) is 0.948. The Kier molecular flexibility index (Phi) is 5.85. The van der Waals surface area contributed by atoms with Gasteiger partial charge in [-0.3, -0.25) is 4.90 Å². The van der Waals surface area contributed by atoms with Crippen LogP contribution < -0.4 is 5.32 Å². The largest absolute Gasteiger partial charge is 0.308 e. The van der Waals surface area contributed by atoms with Crippen LogP contribution in [0.5, 0.6) is 0 Å². The van der Waals surface area contributed by atoms with Gasteiger partial charge in [0.05, 0.1) is 0 Å². The lowest BCUT2D eigenvalue weighted by Crippen LogP contribution is -2.59. The fourth-order valence-corrected chi connectivity index (χ4v) is 5.27. The standard InChI is InChI=1S/C11H22N2.C10H20N2/c1-11(2,3)12-10-8-13-6-4-9(10)5-7-13;1-10(2,3)12-7-6-11-5-4-9(12)8-11/h9-10,12H,4-8H2,1-3H3;9H,4-8H2,1-3H3. The Morgan fingerprint density at radius 2 is 1.32 bits per heavy atom. The SMILES string of the molecule is CC(C)(C)N1CCN2CCC1C2.CC(C)(C)NC1CN2CCC1CC2. The third-order valence-corrected chi connectivity index (χ3v) is 6.48. The smallest absolute Gasteiger partial charge is 0.0241 e. The Hall–Kier alpha value is -0.160. The van der Waals surface area contributed by atoms with E-state index in [0.29, 0.717) is 5.54 Å². The molecule has 5 aliphatic rings. The lowest BCUT2D eigenvalue weighted by molar-refractivity contribution is 0.0508. The average molecular weight is 351 g/mol. The number of nitrogens with zero attached hydrogens (tertiary/aromatic N) is 3. The maximum atomic E-state index is 3.75. The lowest BCUT2D eigenvalue weighted by Gasteiger charge is -2.47. The van der Waals surface area contributed by atoms with Crippen LogP contribution in [0.3, 0.4) is 0 Å². The highest BCUT2D eigenvalue weighted by Gasteiger charge is 2.37. The predicted octanol–water partition coefficient (Wildman–Crippen LogP) is 2.64. The zero-order valence-corrected chi connectivity index (χ0v) is 17.6. The van der Waals surface area contributed by atoms with E-state index in [4.69, 9.17) is 0 Å². The van der Waals surface area contributed by atoms with Gasteiger partial charge in [-0.1, -0.05) is 0 Å². The summed E-state index contributed by atoms with van der Waals surface area (Å²) >= 11 is 0. The number of hydrogen-bond donors (Lipinski definition) is 1. The summed E-state index contributed by atoms with van der Waals surface area (Å²) in [6, 6.07) is 1.60. The van der Waals surface area contributed by atoms with Crippen molar-refractivity contribution in [3.05, 3.63) is 0 Å². The Labute approximate surface area is 156 Å². The molecule has 0 aromatic carbocycles. The molecule has 5 aliphatic heterocycles. The van der Waals surface area contributed by atoms with Crippen LogP contribution in [0.25, 0.3) is 0 Å². The van der Waals surface area contributed by atoms with Crippen LogP contribution in [0, 0.1) is 5.92 Å². The summed E-state index contributed by atoms with van der Waals surface area (Å²) < 4.78 is 0. The Morgan fingerprint density at radius 3 is 1.84 bits per heavy atom. The fourth-order valence-electron chi connectivity index (χ4n) is 5.27. The van der Waals surface area contributed by atoms with E-state index in [1.54, 1.807) is 0 Å². The maximum Gasteiger partial charge on any atom is 0.0241 e. The second-order valence-electron chi connectivity index (χ2n) is 10.7. The van der Waals surface area contributed by atoms with Gasteiger partial charge in [-0.25, -0.2) is 0 Å². The van der Waals surface area contributed by atoms with Gasteiger partial charge in [0, 0.05) is 49.3 Å². The molecule has 0 aliphatic carbocycles. The van der Waals surface area contributed by atoms with E-state index in [0.717, 1.165) is 18.0 Å². The van der Waals surface area contributed by atoms with Crippen LogP contribution in [0.15, 0.2) is 0 Å². The first-order chi connectivity index (χ1) is 11.6. The van der Waals surface area contributed by atoms with Gasteiger partial charge in [0.1, 0.15) is 0 Å². The highest BCUT2D eigenvalue weighted by molar-refractivity contribution is 4.94. The van der Waals surface area contributed by atoms with Gasteiger partial charge in [0.25, 0.3) is 0 Å². The molecule has 5 saturated heterocycles. The van der Waals surface area contributed by atoms with Crippen molar-refractivity contribution in [3.63, 3.8) is 0 Å². The van der Waals surface area contributed by atoms with Crippen LogP contribution in [0.2, 0.25) is 0 Å². The van der Waals surface area contributed by atoms with Gasteiger partial charge < -0.3 is 15.1 Å². The number of piperazine rings is 1. The minimum absolute atomic E-state index is 0.281. The molecular formula is C21H42N4. The number of piperidine rings is 3. The van der Waals surface area contributed by atoms with E-state index < -0.39 is 0 Å². The zero-order valence-electron chi connectivity index (χ0n) is 17.6. The van der Waals surface area contributed by atoms with Crippen molar-refractivity contribution in [2.45, 2.75) is 84.0 Å². The van der Waals surface area contributed by atoms with Crippen LogP contribution >= 0.6 is 0 Å². The van der Waals surface area contributed by atoms with Gasteiger partial charge in [0.2, 0.25) is 0 Å². The summed E-state index contributed by atoms with van der Waals surface area (Å²) in [7, 11) is 0. The molecule has 4 bridgehead atoms. The van der Waals surface area contributed by atoms with Crippen LogP contribution in [0.1, 0.15) is 60.8 Å². The minimum atomic E-state index is 0.281. The first-order valence-corrected chi connectivity index (χ1v) is 10.6. The molecule has 25 heavy (non-hydrogen) atoms. The van der Waals surface area contributed by atoms with Crippen molar-refractivity contribution in [2.24, 2.45) is 5.92 Å². The summed E-state index contributed by atoms with van der Waals surface area (Å²) in [6.07, 6.45) is 4.21. The third-order valence-electron chi connectivity index (χ3n) is 6.48. The molecule has 1 N–H and O–H groups in total. The predicted molar refractivity (Wildman–Crippen MR) is 107 cm³/mol. The third kappa shape index (κ3) is 5.18. The van der Waals surface area contributed by atoms with Gasteiger partial charge >= 0.3 is 0 Å². The Bertz CT molecular complexity index is 428. The van der Waals surface area contributed by atoms with Crippen molar-refractivity contribution in [3.8, 4) is 0 Å². The first kappa shape index (κ1) is 19.6. The van der Waals surface area contributed by atoms with Crippen LogP contribution in [0.4, 0.5) is 0 Å². The number of rotatable bonds is 1. The van der Waals surface area contributed by atoms with Gasteiger partial charge in [-0.05, 0) is 86.4 Å². The second-order valence-corrected chi connectivity index (χ2v) is 10.7. The molecule has 5 heterocycles. The monoisotopic (exact) mass is 350 g/mol. The Morgan fingerprint density at radius 1 is 0.720 bits per heavy atom. The molecule has 4 heteroatoms. The summed E-state index contributed by atoms with van der Waals surface area (Å²) in [4.78, 5) is 7.87. The molecule has 0 spiro atoms. The molecule has 0 aromatic heterocycles. The van der Waals surface area contributed by atoms with E-state index in [2.05, 4.69) is 61.6 Å². The normalized spacial score (nSPS) is 38.4. The summed E-state index contributed by atoms with van der Waals surface area (Å²) in [6.45, 7) is 23.0. The van der Waals surface area contributed by atoms with E-state index in [1.807, 2.05) is 0 Å². The molecule has 3 unspecified atom stereocenters. The highest BCUT2D eigenvalue weighted by Crippen LogP contribution is 2.29. The first-order valence-electron chi connectivity index (χ1n) is 10.6. The van der Waals surface area contributed by atoms with Crippen molar-refractivity contribution < 1.29 is 0 Å². The molecule has 0 radical (unpaired) electrons. The van der Waals surface area contributed by atoms with Gasteiger partial charge in [-0.15, -0.1) is 0 Å². The topological polar surface area (TPSA) is 21.8 Å². The van der Waals surface area contributed by atoms with Crippen molar-refractivity contribution in [2.75, 3.05) is 45.8 Å². The fraction of sp³-hybridized carbons (Fsp3) is 1.00. The number of hydrogen-bond acceptors (Lipinski definition) is 4. The molecule has 4 nitrogen and oxygen atoms in total. The lowest BCUT2D eigenvalue weighted by atomic mass is 9.83. The molecule has 0 saturated carbocycles. The zero-order chi connectivity index (χ0) is 18.2. The van der Waals surface area contributed by atoms with Crippen molar-refractivity contribution in [1.29, 1.82) is 0 Å². The van der Waals surface area contributed by atoms with E-state index in [9.17, 15) is 0 Å². The Balaban J connectivity index is 0.000000146. The molecular weight excluding hydrogens is 308 g/mol. The van der Waals surface area contributed by atoms with Crippen LogP contribution in [-0.4, -0.2) is 83.7 Å². The molecule has 5 rings (SSSR count). The molecule has 0 amide bonds. The molecule has 5 fully saturated rings. The maximum absolute atomic E-state index is 3.75. The van der Waals surface area contributed by atoms with Crippen molar-refractivity contribution in [1.82, 2.24) is 20.0 Å². The number of nitrogens with one attached hydrogen (secondary N) is 1. The van der Waals surface area contributed by atoms with Crippen LogP contribution in [-0.2, 0) is 0 Å². The van der Waals surface area contributed by atoms with E-state index in [1.165, 1.54) is 65.1 Å². The van der Waals surface area contributed by atoms with E-state index in [-0.39, 0.29) is 5.54 Å². The minimum Gasteiger partial charge on any atom is -0.308 e. The number of fused-ring (bicyclic) bond motifs is 5. The quantitative estimate of drug-likeness (QED) is 0.785. The highest BCUT2D eigenvalue weighted by atomic mass is 15.3. The van der Waals surface area contributed by atoms with E-state index >= 15 is 0 Å². The van der Waals surface area contributed by atoms with Gasteiger partial charge in [-0.2, -0.15) is 0 Å². The molecule has 0 aromatic rings. The van der Waals surface area contributed by atoms with Gasteiger partial charge in [0.15, 0.2) is 0 Å². The average Bonchev–Trinajstić information content (AvgIpc) is 2.86. The molecule has 3 atom stereocenters. The summed E-state index contributed by atoms with van der Waals surface area (Å²) in [5.41, 5.74) is 0.657. The summed E-state index contributed by atoms with van der Waals surface area (Å²) in [5, 5.41) is 3.75. The van der Waals surface area contributed by atoms with Crippen molar-refractivity contribution >= 4 is 0 Å². The second kappa shape index (κ2) is 7.46.